The molecule has 0 atom stereocenters. The zero-order valence-corrected chi connectivity index (χ0v) is 18.0. The summed E-state index contributed by atoms with van der Waals surface area (Å²) in [4.78, 5) is 14.4. The summed E-state index contributed by atoms with van der Waals surface area (Å²) in [6.45, 7) is 1.21. The van der Waals surface area contributed by atoms with Crippen LogP contribution in [0.1, 0.15) is 18.6 Å². The number of benzene rings is 2. The molecule has 156 valence electrons. The van der Waals surface area contributed by atoms with Gasteiger partial charge in [0.1, 0.15) is 5.76 Å². The van der Waals surface area contributed by atoms with Crippen molar-refractivity contribution in [1.29, 1.82) is 0 Å². The second-order valence-electron chi connectivity index (χ2n) is 7.71. The summed E-state index contributed by atoms with van der Waals surface area (Å²) in [5, 5.41) is 1.93. The number of hydrogen-bond donors (Lipinski definition) is 0. The maximum absolute atomic E-state index is 13.3. The Morgan fingerprint density at radius 3 is 2.50 bits per heavy atom. The van der Waals surface area contributed by atoms with Crippen LogP contribution in [0.15, 0.2) is 70.2 Å². The number of hydrogen-bond acceptors (Lipinski definition) is 5. The van der Waals surface area contributed by atoms with Gasteiger partial charge in [-0.3, -0.25) is 4.79 Å². The molecule has 2 saturated heterocycles. The first-order valence-corrected chi connectivity index (χ1v) is 12.4. The van der Waals surface area contributed by atoms with Crippen molar-refractivity contribution in [3.05, 3.63) is 66.6 Å². The Labute approximate surface area is 179 Å². The summed E-state index contributed by atoms with van der Waals surface area (Å²) >= 11 is 1.63. The summed E-state index contributed by atoms with van der Waals surface area (Å²) < 4.78 is 33.5. The highest BCUT2D eigenvalue weighted by Gasteiger charge is 2.49. The average molecular weight is 443 g/mol. The molecule has 30 heavy (non-hydrogen) atoms. The van der Waals surface area contributed by atoms with Crippen molar-refractivity contribution >= 4 is 38.5 Å². The van der Waals surface area contributed by atoms with E-state index < -0.39 is 10.0 Å². The molecular formula is C22H22N2O4S2. The average Bonchev–Trinajstić information content (AvgIpc) is 3.38. The van der Waals surface area contributed by atoms with E-state index in [9.17, 15) is 13.2 Å². The van der Waals surface area contributed by atoms with Gasteiger partial charge in [-0.1, -0.05) is 30.3 Å². The van der Waals surface area contributed by atoms with Gasteiger partial charge in [-0.2, -0.15) is 4.31 Å². The van der Waals surface area contributed by atoms with Gasteiger partial charge in [0.15, 0.2) is 0 Å². The van der Waals surface area contributed by atoms with E-state index in [0.717, 1.165) is 16.5 Å². The zero-order chi connectivity index (χ0) is 20.8. The lowest BCUT2D eigenvalue weighted by Crippen LogP contribution is -2.52. The Hall–Kier alpha value is -2.29. The molecule has 0 radical (unpaired) electrons. The minimum atomic E-state index is -3.58. The normalized spacial score (nSPS) is 19.7. The van der Waals surface area contributed by atoms with Crippen LogP contribution in [-0.4, -0.2) is 47.2 Å². The fourth-order valence-electron chi connectivity index (χ4n) is 4.34. The van der Waals surface area contributed by atoms with Gasteiger partial charge >= 0.3 is 0 Å². The lowest BCUT2D eigenvalue weighted by Gasteiger charge is -2.43. The number of amides is 1. The number of nitrogens with zero attached hydrogens (tertiary/aromatic N) is 2. The van der Waals surface area contributed by atoms with Crippen molar-refractivity contribution in [2.45, 2.75) is 29.2 Å². The number of fused-ring (bicyclic) bond motifs is 1. The van der Waals surface area contributed by atoms with Gasteiger partial charge in [0.25, 0.3) is 0 Å². The van der Waals surface area contributed by atoms with Crippen LogP contribution in [0.3, 0.4) is 0 Å². The molecule has 0 N–H and O–H groups in total. The molecule has 1 amide bonds. The molecule has 0 saturated carbocycles. The van der Waals surface area contributed by atoms with Gasteiger partial charge in [-0.05, 0) is 47.9 Å². The molecule has 0 bridgehead atoms. The number of piperidine rings is 1. The van der Waals surface area contributed by atoms with Crippen LogP contribution in [0, 0.1) is 0 Å². The molecule has 1 spiro atoms. The third-order valence-electron chi connectivity index (χ3n) is 6.01. The summed E-state index contributed by atoms with van der Waals surface area (Å²) in [6.07, 6.45) is 2.82. The Bertz CT molecular complexity index is 1180. The lowest BCUT2D eigenvalue weighted by atomic mass is 10.0. The Morgan fingerprint density at radius 2 is 1.77 bits per heavy atom. The Balaban J connectivity index is 1.36. The van der Waals surface area contributed by atoms with Gasteiger partial charge in [0.2, 0.25) is 15.9 Å². The van der Waals surface area contributed by atoms with E-state index in [1.165, 1.54) is 0 Å². The largest absolute Gasteiger partial charge is 0.467 e. The second-order valence-corrected chi connectivity index (χ2v) is 11.0. The monoisotopic (exact) mass is 442 g/mol. The van der Waals surface area contributed by atoms with E-state index in [0.29, 0.717) is 43.1 Å². The van der Waals surface area contributed by atoms with Crippen molar-refractivity contribution in [3.63, 3.8) is 0 Å². The predicted octanol–water partition coefficient (Wildman–Crippen LogP) is 3.69. The number of thioether (sulfide) groups is 1. The predicted molar refractivity (Wildman–Crippen MR) is 116 cm³/mol. The third kappa shape index (κ3) is 3.33. The van der Waals surface area contributed by atoms with E-state index in [1.54, 1.807) is 34.5 Å². The fraction of sp³-hybridized carbons (Fsp3) is 0.318. The van der Waals surface area contributed by atoms with Gasteiger partial charge in [-0.25, -0.2) is 8.42 Å². The summed E-state index contributed by atoms with van der Waals surface area (Å²) in [6, 6.07) is 16.7. The van der Waals surface area contributed by atoms with Crippen molar-refractivity contribution in [2.75, 3.05) is 18.8 Å². The highest BCUT2D eigenvalue weighted by molar-refractivity contribution is 8.01. The first-order valence-electron chi connectivity index (χ1n) is 9.94. The van der Waals surface area contributed by atoms with Gasteiger partial charge in [-0.15, -0.1) is 11.8 Å². The summed E-state index contributed by atoms with van der Waals surface area (Å²) in [5.74, 6) is 1.26. The minimum absolute atomic E-state index is 0.0854. The maximum atomic E-state index is 13.3. The minimum Gasteiger partial charge on any atom is -0.467 e. The van der Waals surface area contributed by atoms with E-state index in [1.807, 2.05) is 47.4 Å². The lowest BCUT2D eigenvalue weighted by molar-refractivity contribution is -0.132. The van der Waals surface area contributed by atoms with Crippen molar-refractivity contribution < 1.29 is 17.6 Å². The van der Waals surface area contributed by atoms with Gasteiger partial charge in [0.05, 0.1) is 28.3 Å². The van der Waals surface area contributed by atoms with Crippen LogP contribution >= 0.6 is 11.8 Å². The number of carbonyl (C=O) groups excluding carboxylic acids is 1. The molecule has 2 aromatic carbocycles. The molecule has 0 aliphatic carbocycles. The smallest absolute Gasteiger partial charge is 0.243 e. The van der Waals surface area contributed by atoms with Gasteiger partial charge in [0, 0.05) is 13.1 Å². The van der Waals surface area contributed by atoms with Crippen LogP contribution in [-0.2, 0) is 21.4 Å². The molecule has 2 aliphatic heterocycles. The number of sulfonamides is 1. The molecule has 6 nitrogen and oxygen atoms in total. The molecule has 3 heterocycles. The van der Waals surface area contributed by atoms with Crippen LogP contribution in [0.25, 0.3) is 10.8 Å². The fourth-order valence-corrected chi connectivity index (χ4v) is 7.16. The van der Waals surface area contributed by atoms with E-state index in [2.05, 4.69) is 0 Å². The standard InChI is InChI=1S/C22H22N2O4S2/c25-21-16-29-22(24(21)15-19-6-3-13-28-19)9-11-23(12-10-22)30(26,27)20-8-7-17-4-1-2-5-18(17)14-20/h1-8,13-14H,9-12,15-16H2. The number of furan rings is 1. The molecule has 3 aromatic rings. The second kappa shape index (κ2) is 7.44. The number of carbonyl (C=O) groups is 1. The van der Waals surface area contributed by atoms with Crippen molar-refractivity contribution in [1.82, 2.24) is 9.21 Å². The highest BCUT2D eigenvalue weighted by Crippen LogP contribution is 2.46. The molecule has 0 unspecified atom stereocenters. The Morgan fingerprint density at radius 1 is 1.00 bits per heavy atom. The molecule has 2 aliphatic rings. The first-order chi connectivity index (χ1) is 14.5. The third-order valence-corrected chi connectivity index (χ3v) is 9.47. The molecule has 2 fully saturated rings. The van der Waals surface area contributed by atoms with E-state index in [4.69, 9.17) is 4.42 Å². The SMILES string of the molecule is O=C1CSC2(CCN(S(=O)(=O)c3ccc4ccccc4c3)CC2)N1Cc1ccco1. The van der Waals surface area contributed by atoms with Crippen molar-refractivity contribution in [3.8, 4) is 0 Å². The topological polar surface area (TPSA) is 70.8 Å². The maximum Gasteiger partial charge on any atom is 0.243 e. The highest BCUT2D eigenvalue weighted by atomic mass is 32.2. The quantitative estimate of drug-likeness (QED) is 0.616. The Kier molecular flexibility index (Phi) is 4.88. The van der Waals surface area contributed by atoms with Crippen LogP contribution < -0.4 is 0 Å². The van der Waals surface area contributed by atoms with Gasteiger partial charge < -0.3 is 9.32 Å². The van der Waals surface area contributed by atoms with Crippen LogP contribution in [0.5, 0.6) is 0 Å². The number of rotatable bonds is 4. The molecular weight excluding hydrogens is 420 g/mol. The first kappa shape index (κ1) is 19.7. The molecule has 1 aromatic heterocycles. The molecule has 5 rings (SSSR count). The summed E-state index contributed by atoms with van der Waals surface area (Å²) in [5.41, 5.74) is 0. The summed E-state index contributed by atoms with van der Waals surface area (Å²) in [7, 11) is -3.58. The van der Waals surface area contributed by atoms with Crippen molar-refractivity contribution in [2.24, 2.45) is 0 Å². The zero-order valence-electron chi connectivity index (χ0n) is 16.4. The van der Waals surface area contributed by atoms with E-state index in [-0.39, 0.29) is 10.8 Å². The van der Waals surface area contributed by atoms with E-state index >= 15 is 0 Å². The van der Waals surface area contributed by atoms with Crippen LogP contribution in [0.2, 0.25) is 0 Å². The van der Waals surface area contributed by atoms with Crippen LogP contribution in [0.4, 0.5) is 0 Å². The molecule has 8 heteroatoms.